The lowest BCUT2D eigenvalue weighted by molar-refractivity contribution is -0.140. The van der Waals surface area contributed by atoms with E-state index in [1.165, 1.54) is 39.4 Å². The molecule has 172 valence electrons. The molecule has 0 bridgehead atoms. The fourth-order valence-electron chi connectivity index (χ4n) is 3.53. The van der Waals surface area contributed by atoms with E-state index in [0.717, 1.165) is 0 Å². The Balaban J connectivity index is 2.35. The largest absolute Gasteiger partial charge is 0.497 e. The van der Waals surface area contributed by atoms with E-state index in [1.54, 1.807) is 48.5 Å². The van der Waals surface area contributed by atoms with Crippen LogP contribution in [-0.2, 0) is 28.6 Å². The molecule has 0 spiro atoms. The van der Waals surface area contributed by atoms with Crippen LogP contribution in [0.15, 0.2) is 71.6 Å². The molecule has 0 amide bonds. The van der Waals surface area contributed by atoms with Crippen molar-refractivity contribution in [1.29, 1.82) is 0 Å². The quantitative estimate of drug-likeness (QED) is 0.466. The van der Waals surface area contributed by atoms with Gasteiger partial charge in [0.15, 0.2) is 0 Å². The average molecular weight is 472 g/mol. The number of methoxy groups -OCH3 is 4. The van der Waals surface area contributed by atoms with Gasteiger partial charge in [0.25, 0.3) is 0 Å². The number of allylic oxidation sites excluding steroid dienone is 1. The van der Waals surface area contributed by atoms with Crippen LogP contribution in [0.1, 0.15) is 11.5 Å². The summed E-state index contributed by atoms with van der Waals surface area (Å²) in [6.45, 7) is 0. The molecule has 0 saturated carbocycles. The van der Waals surface area contributed by atoms with E-state index >= 15 is 0 Å². The van der Waals surface area contributed by atoms with Gasteiger partial charge in [0.05, 0.1) is 34.0 Å². The molecule has 8 nitrogen and oxygen atoms in total. The van der Waals surface area contributed by atoms with Crippen molar-refractivity contribution in [2.45, 2.75) is 5.92 Å². The molecule has 0 fully saturated rings. The van der Waals surface area contributed by atoms with E-state index in [0.29, 0.717) is 22.0 Å². The van der Waals surface area contributed by atoms with Crippen molar-refractivity contribution in [2.24, 2.45) is 0 Å². The van der Waals surface area contributed by atoms with Crippen molar-refractivity contribution < 1.29 is 33.3 Å². The zero-order valence-electron chi connectivity index (χ0n) is 18.5. The van der Waals surface area contributed by atoms with Gasteiger partial charge in [-0.05, 0) is 48.0 Å². The second-order valence-corrected chi connectivity index (χ2v) is 7.29. The van der Waals surface area contributed by atoms with Crippen LogP contribution >= 0.6 is 11.6 Å². The topological polar surface area (TPSA) is 91.4 Å². The molecular weight excluding hydrogens is 450 g/mol. The van der Waals surface area contributed by atoms with Crippen LogP contribution < -0.4 is 9.64 Å². The fourth-order valence-corrected chi connectivity index (χ4v) is 3.66. The van der Waals surface area contributed by atoms with Gasteiger partial charge in [-0.3, -0.25) is 4.90 Å². The summed E-state index contributed by atoms with van der Waals surface area (Å²) in [5.74, 6) is -2.55. The Labute approximate surface area is 195 Å². The number of hydrogen-bond acceptors (Lipinski definition) is 8. The zero-order valence-corrected chi connectivity index (χ0v) is 19.2. The van der Waals surface area contributed by atoms with Crippen LogP contribution in [0, 0.1) is 0 Å². The van der Waals surface area contributed by atoms with Crippen molar-refractivity contribution in [1.82, 2.24) is 0 Å². The molecule has 1 aliphatic rings. The van der Waals surface area contributed by atoms with E-state index in [1.807, 2.05) is 0 Å². The highest BCUT2D eigenvalue weighted by molar-refractivity contribution is 6.30. The first-order chi connectivity index (χ1) is 15.9. The molecule has 1 atom stereocenters. The number of nitrogens with zero attached hydrogens (tertiary/aromatic N) is 1. The summed E-state index contributed by atoms with van der Waals surface area (Å²) in [5.41, 5.74) is 0.865. The monoisotopic (exact) mass is 471 g/mol. The lowest BCUT2D eigenvalue weighted by Crippen LogP contribution is -2.38. The predicted octanol–water partition coefficient (Wildman–Crippen LogP) is 3.61. The Hall–Kier alpha value is -3.78. The number of carbonyl (C=O) groups excluding carboxylic acids is 3. The maximum absolute atomic E-state index is 13.0. The third-order valence-electron chi connectivity index (χ3n) is 5.09. The van der Waals surface area contributed by atoms with Crippen LogP contribution in [0.2, 0.25) is 5.02 Å². The Morgan fingerprint density at radius 1 is 0.788 bits per heavy atom. The summed E-state index contributed by atoms with van der Waals surface area (Å²) in [4.78, 5) is 40.2. The minimum absolute atomic E-state index is 0.00450. The summed E-state index contributed by atoms with van der Waals surface area (Å²) < 4.78 is 20.2. The second-order valence-electron chi connectivity index (χ2n) is 6.85. The fraction of sp³-hybridized carbons (Fsp3) is 0.208. The first-order valence-corrected chi connectivity index (χ1v) is 10.1. The van der Waals surface area contributed by atoms with Gasteiger partial charge in [0, 0.05) is 16.6 Å². The van der Waals surface area contributed by atoms with Crippen molar-refractivity contribution >= 4 is 35.2 Å². The van der Waals surface area contributed by atoms with E-state index in [-0.39, 0.29) is 17.0 Å². The molecule has 33 heavy (non-hydrogen) atoms. The highest BCUT2D eigenvalue weighted by atomic mass is 35.5. The van der Waals surface area contributed by atoms with Crippen molar-refractivity contribution in [2.75, 3.05) is 33.3 Å². The van der Waals surface area contributed by atoms with Crippen LogP contribution in [0.4, 0.5) is 5.69 Å². The molecule has 3 rings (SSSR count). The van der Waals surface area contributed by atoms with Gasteiger partial charge >= 0.3 is 17.9 Å². The van der Waals surface area contributed by atoms with Crippen molar-refractivity contribution in [3.05, 3.63) is 82.2 Å². The number of ether oxygens (including phenoxy) is 4. The van der Waals surface area contributed by atoms with Crippen LogP contribution in [0.3, 0.4) is 0 Å². The van der Waals surface area contributed by atoms with Gasteiger partial charge in [-0.1, -0.05) is 23.7 Å². The molecular formula is C24H22ClNO7. The molecule has 1 unspecified atom stereocenters. The summed E-state index contributed by atoms with van der Waals surface area (Å²) in [6, 6.07) is 13.3. The summed E-state index contributed by atoms with van der Waals surface area (Å²) in [6.07, 6.45) is 1.54. The van der Waals surface area contributed by atoms with Gasteiger partial charge in [0.1, 0.15) is 17.1 Å². The number of hydrogen-bond donors (Lipinski definition) is 0. The van der Waals surface area contributed by atoms with E-state index in [9.17, 15) is 14.4 Å². The van der Waals surface area contributed by atoms with E-state index in [4.69, 9.17) is 30.5 Å². The third-order valence-corrected chi connectivity index (χ3v) is 5.35. The number of halogens is 1. The van der Waals surface area contributed by atoms with Gasteiger partial charge in [0.2, 0.25) is 0 Å². The molecule has 2 aromatic carbocycles. The molecule has 1 aliphatic heterocycles. The number of carbonyl (C=O) groups is 3. The maximum atomic E-state index is 13.0. The van der Waals surface area contributed by atoms with Gasteiger partial charge in [-0.15, -0.1) is 0 Å². The summed E-state index contributed by atoms with van der Waals surface area (Å²) >= 11 is 6.02. The maximum Gasteiger partial charge on any atom is 0.355 e. The number of benzene rings is 2. The van der Waals surface area contributed by atoms with Crippen LogP contribution in [-0.4, -0.2) is 46.3 Å². The molecule has 0 aliphatic carbocycles. The first kappa shape index (κ1) is 23.9. The van der Waals surface area contributed by atoms with Crippen LogP contribution in [0.5, 0.6) is 5.75 Å². The predicted molar refractivity (Wildman–Crippen MR) is 121 cm³/mol. The number of esters is 3. The highest BCUT2D eigenvalue weighted by Gasteiger charge is 2.41. The number of anilines is 1. The molecule has 0 saturated heterocycles. The first-order valence-electron chi connectivity index (χ1n) is 9.76. The Morgan fingerprint density at radius 3 is 1.88 bits per heavy atom. The Morgan fingerprint density at radius 2 is 1.36 bits per heavy atom. The zero-order chi connectivity index (χ0) is 24.1. The normalized spacial score (nSPS) is 15.5. The van der Waals surface area contributed by atoms with Gasteiger partial charge in [-0.25, -0.2) is 14.4 Å². The SMILES string of the molecule is COC(=O)C1=CC(c2ccc(Cl)cc2)C(C(=O)OC)=C(C(=O)OC)N1c1ccc(OC)cc1. The Kier molecular flexibility index (Phi) is 7.40. The third kappa shape index (κ3) is 4.70. The van der Waals surface area contributed by atoms with Gasteiger partial charge in [-0.2, -0.15) is 0 Å². The standard InChI is InChI=1S/C24H22ClNO7/c1-30-17-11-9-16(10-12-17)26-19(22(27)31-2)13-18(14-5-7-15(25)8-6-14)20(23(28)32-3)21(26)24(29)33-4/h5-13,18H,1-4H3. The van der Waals surface area contributed by atoms with E-state index in [2.05, 4.69) is 0 Å². The smallest absolute Gasteiger partial charge is 0.355 e. The summed E-state index contributed by atoms with van der Waals surface area (Å²) in [5, 5.41) is 0.489. The highest BCUT2D eigenvalue weighted by Crippen LogP contribution is 2.41. The Bertz CT molecular complexity index is 1120. The molecule has 0 aromatic heterocycles. The lowest BCUT2D eigenvalue weighted by atomic mass is 9.85. The lowest BCUT2D eigenvalue weighted by Gasteiger charge is -2.34. The number of rotatable bonds is 6. The molecule has 1 heterocycles. The van der Waals surface area contributed by atoms with Crippen LogP contribution in [0.25, 0.3) is 0 Å². The molecule has 2 aromatic rings. The van der Waals surface area contributed by atoms with Crippen molar-refractivity contribution in [3.8, 4) is 5.75 Å². The molecule has 0 radical (unpaired) electrons. The van der Waals surface area contributed by atoms with E-state index < -0.39 is 23.8 Å². The molecule has 0 N–H and O–H groups in total. The minimum atomic E-state index is -0.834. The molecule has 9 heteroatoms. The average Bonchev–Trinajstić information content (AvgIpc) is 2.86. The second kappa shape index (κ2) is 10.2. The van der Waals surface area contributed by atoms with Gasteiger partial charge < -0.3 is 18.9 Å². The minimum Gasteiger partial charge on any atom is -0.497 e. The van der Waals surface area contributed by atoms with Crippen molar-refractivity contribution in [3.63, 3.8) is 0 Å². The summed E-state index contributed by atoms with van der Waals surface area (Å²) in [7, 11) is 5.13.